The monoisotopic (exact) mass is 372 g/mol. The van der Waals surface area contributed by atoms with Crippen LogP contribution in [-0.2, 0) is 0 Å². The van der Waals surface area contributed by atoms with Gasteiger partial charge in [0, 0.05) is 5.56 Å². The van der Waals surface area contributed by atoms with Crippen molar-refractivity contribution in [3.8, 4) is 17.2 Å². The maximum atomic E-state index is 12.7. The number of nitrogens with zero attached hydrogens (tertiary/aromatic N) is 1. The summed E-state index contributed by atoms with van der Waals surface area (Å²) in [5, 5.41) is 3.40. The Hall–Kier alpha value is -2.80. The molecular weight excluding hydrogens is 352 g/mol. The molecule has 1 amide bonds. The number of carbonyl (C=O) groups is 1. The summed E-state index contributed by atoms with van der Waals surface area (Å²) in [6, 6.07) is 7.36. The average molecular weight is 372 g/mol. The molecule has 0 saturated heterocycles. The molecular formula is C19H20N2O4S. The summed E-state index contributed by atoms with van der Waals surface area (Å²) >= 11 is 1.45. The molecule has 0 atom stereocenters. The van der Waals surface area contributed by atoms with E-state index in [-0.39, 0.29) is 5.91 Å². The first-order valence-electron chi connectivity index (χ1n) is 7.96. The molecule has 6 nitrogen and oxygen atoms in total. The number of anilines is 1. The molecule has 0 bridgehead atoms. The molecule has 0 spiro atoms. The SMILES string of the molecule is COc1cc(C(=O)Nc2nc3c(C)cc(C)cc3s2)cc(OC)c1OC. The van der Waals surface area contributed by atoms with Crippen molar-refractivity contribution in [2.24, 2.45) is 0 Å². The van der Waals surface area contributed by atoms with E-state index in [2.05, 4.69) is 22.4 Å². The van der Waals surface area contributed by atoms with Crippen LogP contribution in [0, 0.1) is 13.8 Å². The first-order valence-corrected chi connectivity index (χ1v) is 8.77. The maximum absolute atomic E-state index is 12.7. The fourth-order valence-electron chi connectivity index (χ4n) is 2.81. The molecule has 0 fully saturated rings. The molecule has 3 rings (SSSR count). The quantitative estimate of drug-likeness (QED) is 0.727. The van der Waals surface area contributed by atoms with Crippen molar-refractivity contribution in [2.45, 2.75) is 13.8 Å². The third-order valence-electron chi connectivity index (χ3n) is 3.98. The van der Waals surface area contributed by atoms with E-state index in [0.717, 1.165) is 15.8 Å². The Bertz CT molecular complexity index is 956. The summed E-state index contributed by atoms with van der Waals surface area (Å²) in [4.78, 5) is 17.2. The minimum absolute atomic E-state index is 0.294. The van der Waals surface area contributed by atoms with Crippen LogP contribution in [0.3, 0.4) is 0 Å². The lowest BCUT2D eigenvalue weighted by molar-refractivity contribution is 0.102. The molecule has 136 valence electrons. The summed E-state index contributed by atoms with van der Waals surface area (Å²) in [5.74, 6) is 0.996. The van der Waals surface area contributed by atoms with E-state index in [1.165, 1.54) is 38.2 Å². The lowest BCUT2D eigenvalue weighted by Crippen LogP contribution is -2.12. The number of nitrogens with one attached hydrogen (secondary N) is 1. The van der Waals surface area contributed by atoms with Crippen molar-refractivity contribution < 1.29 is 19.0 Å². The van der Waals surface area contributed by atoms with E-state index in [1.807, 2.05) is 13.8 Å². The van der Waals surface area contributed by atoms with Crippen molar-refractivity contribution in [1.82, 2.24) is 4.98 Å². The smallest absolute Gasteiger partial charge is 0.257 e. The Balaban J connectivity index is 1.94. The van der Waals surface area contributed by atoms with Gasteiger partial charge in [0.2, 0.25) is 5.75 Å². The second kappa shape index (κ2) is 7.21. The minimum atomic E-state index is -0.294. The van der Waals surface area contributed by atoms with Crippen LogP contribution in [0.25, 0.3) is 10.2 Å². The zero-order valence-electron chi connectivity index (χ0n) is 15.3. The van der Waals surface area contributed by atoms with Crippen LogP contribution in [0.5, 0.6) is 17.2 Å². The minimum Gasteiger partial charge on any atom is -0.493 e. The number of ether oxygens (including phenoxy) is 3. The largest absolute Gasteiger partial charge is 0.493 e. The van der Waals surface area contributed by atoms with E-state index < -0.39 is 0 Å². The number of fused-ring (bicyclic) bond motifs is 1. The first-order chi connectivity index (χ1) is 12.5. The number of amides is 1. The van der Waals surface area contributed by atoms with Crippen molar-refractivity contribution in [2.75, 3.05) is 26.6 Å². The van der Waals surface area contributed by atoms with Crippen molar-refractivity contribution in [3.63, 3.8) is 0 Å². The molecule has 0 radical (unpaired) electrons. The lowest BCUT2D eigenvalue weighted by atomic mass is 10.1. The summed E-state index contributed by atoms with van der Waals surface area (Å²) in [7, 11) is 4.54. The Morgan fingerprint density at radius 3 is 2.23 bits per heavy atom. The number of hydrogen-bond donors (Lipinski definition) is 1. The van der Waals surface area contributed by atoms with Crippen LogP contribution in [0.4, 0.5) is 5.13 Å². The number of benzene rings is 2. The third-order valence-corrected chi connectivity index (χ3v) is 4.90. The van der Waals surface area contributed by atoms with Crippen molar-refractivity contribution in [3.05, 3.63) is 41.0 Å². The van der Waals surface area contributed by atoms with E-state index in [0.29, 0.717) is 27.9 Å². The number of aryl methyl sites for hydroxylation is 2. The summed E-state index contributed by atoms with van der Waals surface area (Å²) in [6.07, 6.45) is 0. The van der Waals surface area contributed by atoms with E-state index >= 15 is 0 Å². The molecule has 7 heteroatoms. The Morgan fingerprint density at radius 2 is 1.65 bits per heavy atom. The Labute approximate surface area is 155 Å². The van der Waals surface area contributed by atoms with Gasteiger partial charge in [0.05, 0.1) is 31.5 Å². The third kappa shape index (κ3) is 3.30. The van der Waals surface area contributed by atoms with Crippen LogP contribution in [0.2, 0.25) is 0 Å². The van der Waals surface area contributed by atoms with Crippen LogP contribution < -0.4 is 19.5 Å². The molecule has 0 unspecified atom stereocenters. The first kappa shape index (κ1) is 18.0. The number of hydrogen-bond acceptors (Lipinski definition) is 6. The predicted octanol–water partition coefficient (Wildman–Crippen LogP) is 4.19. The number of aromatic nitrogens is 1. The van der Waals surface area contributed by atoms with Crippen LogP contribution >= 0.6 is 11.3 Å². The van der Waals surface area contributed by atoms with Gasteiger partial charge in [-0.2, -0.15) is 0 Å². The normalized spacial score (nSPS) is 10.7. The summed E-state index contributed by atoms with van der Waals surface area (Å²) < 4.78 is 16.9. The summed E-state index contributed by atoms with van der Waals surface area (Å²) in [5.41, 5.74) is 3.55. The molecule has 1 aromatic heterocycles. The fraction of sp³-hybridized carbons (Fsp3) is 0.263. The van der Waals surface area contributed by atoms with Gasteiger partial charge in [-0.25, -0.2) is 4.98 Å². The molecule has 3 aromatic rings. The molecule has 0 aliphatic rings. The number of carbonyl (C=O) groups excluding carboxylic acids is 1. The van der Waals surface area contributed by atoms with Crippen LogP contribution in [-0.4, -0.2) is 32.2 Å². The summed E-state index contributed by atoms with van der Waals surface area (Å²) in [6.45, 7) is 4.06. The highest BCUT2D eigenvalue weighted by Gasteiger charge is 2.18. The highest BCUT2D eigenvalue weighted by molar-refractivity contribution is 7.22. The van der Waals surface area contributed by atoms with Crippen LogP contribution in [0.15, 0.2) is 24.3 Å². The fourth-order valence-corrected chi connectivity index (χ4v) is 3.84. The second-order valence-electron chi connectivity index (χ2n) is 5.82. The highest BCUT2D eigenvalue weighted by atomic mass is 32.1. The number of rotatable bonds is 5. The molecule has 0 saturated carbocycles. The van der Waals surface area contributed by atoms with Crippen molar-refractivity contribution >= 4 is 32.6 Å². The molecule has 1 N–H and O–H groups in total. The van der Waals surface area contributed by atoms with Gasteiger partial charge in [-0.15, -0.1) is 0 Å². The van der Waals surface area contributed by atoms with Gasteiger partial charge in [0.25, 0.3) is 5.91 Å². The molecule has 0 aliphatic heterocycles. The van der Waals surface area contributed by atoms with Gasteiger partial charge in [-0.1, -0.05) is 17.4 Å². The standard InChI is InChI=1S/C19H20N2O4S/c1-10-6-11(2)16-15(7-10)26-19(20-16)21-18(22)12-8-13(23-3)17(25-5)14(9-12)24-4/h6-9H,1-5H3,(H,20,21,22). The molecule has 1 heterocycles. The van der Waals surface area contributed by atoms with Gasteiger partial charge in [0.15, 0.2) is 16.6 Å². The van der Waals surface area contributed by atoms with E-state index in [4.69, 9.17) is 14.2 Å². The van der Waals surface area contributed by atoms with Gasteiger partial charge in [0.1, 0.15) is 0 Å². The van der Waals surface area contributed by atoms with Gasteiger partial charge < -0.3 is 14.2 Å². The predicted molar refractivity (Wildman–Crippen MR) is 103 cm³/mol. The highest BCUT2D eigenvalue weighted by Crippen LogP contribution is 2.38. The zero-order chi connectivity index (χ0) is 18.8. The average Bonchev–Trinajstić information content (AvgIpc) is 3.02. The van der Waals surface area contributed by atoms with Crippen LogP contribution in [0.1, 0.15) is 21.5 Å². The van der Waals surface area contributed by atoms with Gasteiger partial charge in [-0.3, -0.25) is 10.1 Å². The van der Waals surface area contributed by atoms with E-state index in [1.54, 1.807) is 12.1 Å². The molecule has 2 aromatic carbocycles. The Kier molecular flexibility index (Phi) is 4.99. The van der Waals surface area contributed by atoms with E-state index in [9.17, 15) is 4.79 Å². The number of thiazole rings is 1. The lowest BCUT2D eigenvalue weighted by Gasteiger charge is -2.13. The van der Waals surface area contributed by atoms with Gasteiger partial charge >= 0.3 is 0 Å². The molecule has 26 heavy (non-hydrogen) atoms. The maximum Gasteiger partial charge on any atom is 0.257 e. The van der Waals surface area contributed by atoms with Crippen molar-refractivity contribution in [1.29, 1.82) is 0 Å². The zero-order valence-corrected chi connectivity index (χ0v) is 16.1. The number of methoxy groups -OCH3 is 3. The second-order valence-corrected chi connectivity index (χ2v) is 6.85. The van der Waals surface area contributed by atoms with Gasteiger partial charge in [-0.05, 0) is 43.2 Å². The Morgan fingerprint density at radius 1 is 1.00 bits per heavy atom. The molecule has 0 aliphatic carbocycles. The topological polar surface area (TPSA) is 69.7 Å².